The number of rotatable bonds is 8. The van der Waals surface area contributed by atoms with Gasteiger partial charge in [0.2, 0.25) is 10.0 Å². The maximum absolute atomic E-state index is 11.7. The molecular formula is C20H29IN4O2S. The monoisotopic (exact) mass is 516 g/mol. The van der Waals surface area contributed by atoms with Crippen LogP contribution in [0.2, 0.25) is 0 Å². The summed E-state index contributed by atoms with van der Waals surface area (Å²) in [5.41, 5.74) is 4.17. The second-order valence-electron chi connectivity index (χ2n) is 6.26. The van der Waals surface area contributed by atoms with Crippen molar-refractivity contribution >= 4 is 40.0 Å². The van der Waals surface area contributed by atoms with Gasteiger partial charge in [0, 0.05) is 13.1 Å². The molecule has 0 bridgehead atoms. The summed E-state index contributed by atoms with van der Waals surface area (Å²) in [6.07, 6.45) is 0. The highest BCUT2D eigenvalue weighted by Gasteiger charge is 2.08. The van der Waals surface area contributed by atoms with Crippen LogP contribution >= 0.6 is 24.0 Å². The molecule has 3 N–H and O–H groups in total. The molecule has 2 aromatic carbocycles. The highest BCUT2D eigenvalue weighted by Crippen LogP contribution is 2.10. The van der Waals surface area contributed by atoms with E-state index in [1.807, 2.05) is 43.3 Å². The van der Waals surface area contributed by atoms with Crippen molar-refractivity contribution < 1.29 is 8.42 Å². The molecule has 0 unspecified atom stereocenters. The van der Waals surface area contributed by atoms with Gasteiger partial charge in [-0.25, -0.2) is 18.1 Å². The highest BCUT2D eigenvalue weighted by molar-refractivity contribution is 14.0. The SMILES string of the molecule is CCNC(=NCc1cccc(CS(=O)(=O)NC)c1)NCc1ccccc1C.I. The van der Waals surface area contributed by atoms with Gasteiger partial charge in [-0.2, -0.15) is 0 Å². The van der Waals surface area contributed by atoms with E-state index in [1.54, 1.807) is 0 Å². The van der Waals surface area contributed by atoms with Crippen molar-refractivity contribution in [1.29, 1.82) is 0 Å². The van der Waals surface area contributed by atoms with Crippen molar-refractivity contribution in [3.05, 3.63) is 70.8 Å². The summed E-state index contributed by atoms with van der Waals surface area (Å²) in [6, 6.07) is 15.7. The lowest BCUT2D eigenvalue weighted by Gasteiger charge is -2.13. The topological polar surface area (TPSA) is 82.6 Å². The predicted octanol–water partition coefficient (Wildman–Crippen LogP) is 2.92. The summed E-state index contributed by atoms with van der Waals surface area (Å²) in [4.78, 5) is 4.62. The molecule has 0 saturated heterocycles. The van der Waals surface area contributed by atoms with Gasteiger partial charge in [0.1, 0.15) is 0 Å². The van der Waals surface area contributed by atoms with E-state index in [0.717, 1.165) is 23.6 Å². The van der Waals surface area contributed by atoms with Gasteiger partial charge < -0.3 is 10.6 Å². The lowest BCUT2D eigenvalue weighted by Crippen LogP contribution is -2.36. The molecule has 0 fully saturated rings. The second-order valence-corrected chi connectivity index (χ2v) is 8.18. The van der Waals surface area contributed by atoms with E-state index in [4.69, 9.17) is 0 Å². The van der Waals surface area contributed by atoms with E-state index in [0.29, 0.717) is 13.1 Å². The van der Waals surface area contributed by atoms with Crippen molar-refractivity contribution in [3.8, 4) is 0 Å². The first-order chi connectivity index (χ1) is 12.9. The van der Waals surface area contributed by atoms with Crippen LogP contribution in [-0.4, -0.2) is 28.0 Å². The molecule has 0 heterocycles. The highest BCUT2D eigenvalue weighted by atomic mass is 127. The number of sulfonamides is 1. The van der Waals surface area contributed by atoms with Gasteiger partial charge in [-0.15, -0.1) is 24.0 Å². The number of hydrogen-bond donors (Lipinski definition) is 3. The van der Waals surface area contributed by atoms with E-state index in [-0.39, 0.29) is 29.7 Å². The Hall–Kier alpha value is -1.65. The molecule has 2 aromatic rings. The average Bonchev–Trinajstić information content (AvgIpc) is 2.65. The standard InChI is InChI=1S/C20H28N4O2S.HI/c1-4-22-20(24-14-19-11-6-5-8-16(19)2)23-13-17-9-7-10-18(12-17)15-27(25,26)21-3;/h5-12,21H,4,13-15H2,1-3H3,(H2,22,23,24);1H. The fourth-order valence-electron chi connectivity index (χ4n) is 2.61. The van der Waals surface area contributed by atoms with Gasteiger partial charge in [0.15, 0.2) is 5.96 Å². The van der Waals surface area contributed by atoms with Gasteiger partial charge in [-0.3, -0.25) is 0 Å². The van der Waals surface area contributed by atoms with Crippen LogP contribution in [0, 0.1) is 6.92 Å². The van der Waals surface area contributed by atoms with Gasteiger partial charge in [0.05, 0.1) is 12.3 Å². The van der Waals surface area contributed by atoms with Gasteiger partial charge in [-0.05, 0) is 43.1 Å². The quantitative estimate of drug-likeness (QED) is 0.286. The van der Waals surface area contributed by atoms with Crippen LogP contribution in [0.1, 0.15) is 29.2 Å². The van der Waals surface area contributed by atoms with Crippen molar-refractivity contribution in [2.24, 2.45) is 4.99 Å². The van der Waals surface area contributed by atoms with E-state index in [1.165, 1.54) is 18.2 Å². The molecule has 28 heavy (non-hydrogen) atoms. The summed E-state index contributed by atoms with van der Waals surface area (Å²) < 4.78 is 25.8. The number of nitrogens with zero attached hydrogens (tertiary/aromatic N) is 1. The summed E-state index contributed by atoms with van der Waals surface area (Å²) in [6.45, 7) is 6.04. The molecule has 0 aliphatic rings. The smallest absolute Gasteiger partial charge is 0.215 e. The van der Waals surface area contributed by atoms with E-state index in [9.17, 15) is 8.42 Å². The Morgan fingerprint density at radius 2 is 1.75 bits per heavy atom. The zero-order chi connectivity index (χ0) is 19.7. The largest absolute Gasteiger partial charge is 0.357 e. The van der Waals surface area contributed by atoms with Crippen LogP contribution in [0.15, 0.2) is 53.5 Å². The molecule has 0 aliphatic carbocycles. The van der Waals surface area contributed by atoms with E-state index < -0.39 is 10.0 Å². The molecule has 0 amide bonds. The third-order valence-electron chi connectivity index (χ3n) is 4.13. The molecule has 6 nitrogen and oxygen atoms in total. The Labute approximate surface area is 185 Å². The minimum atomic E-state index is -3.28. The number of halogens is 1. The number of hydrogen-bond acceptors (Lipinski definition) is 3. The van der Waals surface area contributed by atoms with Crippen LogP contribution in [0.5, 0.6) is 0 Å². The zero-order valence-electron chi connectivity index (χ0n) is 16.5. The third-order valence-corrected chi connectivity index (χ3v) is 5.47. The van der Waals surface area contributed by atoms with Crippen LogP contribution in [-0.2, 0) is 28.9 Å². The Balaban J connectivity index is 0.00000392. The predicted molar refractivity (Wildman–Crippen MR) is 126 cm³/mol. The van der Waals surface area contributed by atoms with Crippen molar-refractivity contribution in [3.63, 3.8) is 0 Å². The maximum Gasteiger partial charge on any atom is 0.215 e. The maximum atomic E-state index is 11.7. The Kier molecular flexibility index (Phi) is 10.5. The van der Waals surface area contributed by atoms with Crippen LogP contribution in [0.3, 0.4) is 0 Å². The first-order valence-corrected chi connectivity index (χ1v) is 10.6. The molecule has 0 aromatic heterocycles. The molecular weight excluding hydrogens is 487 g/mol. The normalized spacial score (nSPS) is 11.6. The van der Waals surface area contributed by atoms with E-state index >= 15 is 0 Å². The number of aryl methyl sites for hydroxylation is 1. The number of aliphatic imine (C=N–C) groups is 1. The number of guanidine groups is 1. The lowest BCUT2D eigenvalue weighted by atomic mass is 10.1. The van der Waals surface area contributed by atoms with Crippen LogP contribution in [0.25, 0.3) is 0 Å². The molecule has 0 spiro atoms. The molecule has 0 aliphatic heterocycles. The third kappa shape index (κ3) is 8.15. The Morgan fingerprint density at radius 1 is 1.04 bits per heavy atom. The molecule has 0 saturated carbocycles. The Bertz CT molecular complexity index is 885. The minimum absolute atomic E-state index is 0. The summed E-state index contributed by atoms with van der Waals surface area (Å²) in [7, 11) is -1.86. The van der Waals surface area contributed by atoms with Crippen molar-refractivity contribution in [1.82, 2.24) is 15.4 Å². The van der Waals surface area contributed by atoms with Crippen molar-refractivity contribution in [2.75, 3.05) is 13.6 Å². The second kappa shape index (κ2) is 12.0. The molecule has 2 rings (SSSR count). The number of nitrogens with one attached hydrogen (secondary N) is 3. The van der Waals surface area contributed by atoms with E-state index in [2.05, 4.69) is 39.4 Å². The molecule has 8 heteroatoms. The molecule has 0 radical (unpaired) electrons. The van der Waals surface area contributed by atoms with Gasteiger partial charge in [-0.1, -0.05) is 48.5 Å². The fraction of sp³-hybridized carbons (Fsp3) is 0.350. The molecule has 154 valence electrons. The van der Waals surface area contributed by atoms with Crippen LogP contribution in [0.4, 0.5) is 0 Å². The average molecular weight is 516 g/mol. The molecule has 0 atom stereocenters. The fourth-order valence-corrected chi connectivity index (χ4v) is 3.37. The minimum Gasteiger partial charge on any atom is -0.357 e. The Morgan fingerprint density at radius 3 is 2.43 bits per heavy atom. The van der Waals surface area contributed by atoms with Gasteiger partial charge >= 0.3 is 0 Å². The summed E-state index contributed by atoms with van der Waals surface area (Å²) in [5.74, 6) is 0.695. The first kappa shape index (κ1) is 24.4. The summed E-state index contributed by atoms with van der Waals surface area (Å²) in [5, 5.41) is 6.58. The van der Waals surface area contributed by atoms with Crippen molar-refractivity contribution in [2.45, 2.75) is 32.7 Å². The van der Waals surface area contributed by atoms with Crippen LogP contribution < -0.4 is 15.4 Å². The zero-order valence-corrected chi connectivity index (χ0v) is 19.7. The summed E-state index contributed by atoms with van der Waals surface area (Å²) >= 11 is 0. The first-order valence-electron chi connectivity index (χ1n) is 8.99. The van der Waals surface area contributed by atoms with Gasteiger partial charge in [0.25, 0.3) is 0 Å². The number of benzene rings is 2. The lowest BCUT2D eigenvalue weighted by molar-refractivity contribution is 0.587.